The van der Waals surface area contributed by atoms with E-state index < -0.39 is 5.97 Å². The highest BCUT2D eigenvalue weighted by molar-refractivity contribution is 7.99. The summed E-state index contributed by atoms with van der Waals surface area (Å²) in [5.74, 6) is -0.226. The number of rotatable bonds is 8. The van der Waals surface area contributed by atoms with E-state index in [1.165, 1.54) is 11.8 Å². The molecule has 0 bridgehead atoms. The van der Waals surface area contributed by atoms with Crippen molar-refractivity contribution in [3.63, 3.8) is 0 Å². The number of amides is 1. The Morgan fingerprint density at radius 2 is 1.62 bits per heavy atom. The van der Waals surface area contributed by atoms with Gasteiger partial charge in [-0.2, -0.15) is 0 Å². The summed E-state index contributed by atoms with van der Waals surface area (Å²) in [6.07, 6.45) is 0. The number of hydrogen-bond acceptors (Lipinski definition) is 6. The van der Waals surface area contributed by atoms with E-state index in [0.717, 1.165) is 22.4 Å². The molecule has 0 unspecified atom stereocenters. The summed E-state index contributed by atoms with van der Waals surface area (Å²) in [7, 11) is 0. The van der Waals surface area contributed by atoms with Crippen LogP contribution < -0.4 is 5.32 Å². The van der Waals surface area contributed by atoms with E-state index in [2.05, 4.69) is 15.5 Å². The summed E-state index contributed by atoms with van der Waals surface area (Å²) < 4.78 is 7.06. The maximum atomic E-state index is 12.3. The minimum Gasteiger partial charge on any atom is -0.455 e. The van der Waals surface area contributed by atoms with Crippen LogP contribution in [0.1, 0.15) is 11.1 Å². The number of nitrogens with zero attached hydrogens (tertiary/aromatic N) is 3. The van der Waals surface area contributed by atoms with Crippen LogP contribution in [0.15, 0.2) is 84.0 Å². The molecule has 1 N–H and O–H groups in total. The lowest BCUT2D eigenvalue weighted by atomic mass is 10.1. The Bertz CT molecular complexity index is 1290. The smallest absolute Gasteiger partial charge is 0.316 e. The highest BCUT2D eigenvalue weighted by atomic mass is 32.2. The summed E-state index contributed by atoms with van der Waals surface area (Å²) in [6.45, 7) is 3.62. The molecular weight excluding hydrogens is 448 g/mol. The fourth-order valence-electron chi connectivity index (χ4n) is 3.27. The molecule has 1 amide bonds. The topological polar surface area (TPSA) is 86.1 Å². The van der Waals surface area contributed by atoms with Crippen LogP contribution in [0.5, 0.6) is 0 Å². The average molecular weight is 473 g/mol. The van der Waals surface area contributed by atoms with Crippen molar-refractivity contribution in [2.24, 2.45) is 0 Å². The zero-order chi connectivity index (χ0) is 23.9. The maximum Gasteiger partial charge on any atom is 0.316 e. The van der Waals surface area contributed by atoms with Crippen molar-refractivity contribution in [1.29, 1.82) is 0 Å². The number of hydrogen-bond donors (Lipinski definition) is 1. The number of aromatic nitrogens is 3. The van der Waals surface area contributed by atoms with Gasteiger partial charge in [-0.15, -0.1) is 10.2 Å². The zero-order valence-corrected chi connectivity index (χ0v) is 19.7. The molecule has 0 atom stereocenters. The first kappa shape index (κ1) is 23.3. The first-order valence-corrected chi connectivity index (χ1v) is 11.7. The molecule has 0 saturated heterocycles. The van der Waals surface area contributed by atoms with Crippen LogP contribution in [-0.2, 0) is 14.3 Å². The van der Waals surface area contributed by atoms with Gasteiger partial charge in [0.05, 0.1) is 5.75 Å². The molecule has 4 aromatic rings. The van der Waals surface area contributed by atoms with Crippen LogP contribution in [0.25, 0.3) is 17.1 Å². The molecule has 0 fully saturated rings. The number of esters is 1. The van der Waals surface area contributed by atoms with E-state index in [9.17, 15) is 9.59 Å². The van der Waals surface area contributed by atoms with Gasteiger partial charge >= 0.3 is 5.97 Å². The fraction of sp³-hybridized carbons (Fsp3) is 0.154. The summed E-state index contributed by atoms with van der Waals surface area (Å²) in [5.41, 5.74) is 4.68. The number of carbonyl (C=O) groups excluding carboxylic acids is 2. The number of nitrogens with one attached hydrogen (secondary N) is 1. The van der Waals surface area contributed by atoms with E-state index in [-0.39, 0.29) is 18.3 Å². The number of carbonyl (C=O) groups is 2. The predicted molar refractivity (Wildman–Crippen MR) is 133 cm³/mol. The Labute approximate surface area is 202 Å². The van der Waals surface area contributed by atoms with E-state index >= 15 is 0 Å². The highest BCUT2D eigenvalue weighted by Gasteiger charge is 2.18. The molecule has 0 spiro atoms. The second kappa shape index (κ2) is 10.8. The monoisotopic (exact) mass is 472 g/mol. The van der Waals surface area contributed by atoms with Crippen LogP contribution in [0.2, 0.25) is 0 Å². The molecule has 1 heterocycles. The van der Waals surface area contributed by atoms with Crippen molar-refractivity contribution in [2.45, 2.75) is 19.0 Å². The average Bonchev–Trinajstić information content (AvgIpc) is 3.29. The van der Waals surface area contributed by atoms with Gasteiger partial charge in [0.1, 0.15) is 0 Å². The van der Waals surface area contributed by atoms with Crippen molar-refractivity contribution in [3.8, 4) is 17.1 Å². The van der Waals surface area contributed by atoms with Crippen molar-refractivity contribution in [1.82, 2.24) is 14.8 Å². The summed E-state index contributed by atoms with van der Waals surface area (Å²) in [6, 6.07) is 25.1. The Morgan fingerprint density at radius 1 is 0.912 bits per heavy atom. The SMILES string of the molecule is Cc1ccc(NC(=O)COC(=O)CSc2nnc(-c3ccccc3)n2-c2ccccc2)cc1C. The lowest BCUT2D eigenvalue weighted by molar-refractivity contribution is -0.144. The van der Waals surface area contributed by atoms with Crippen LogP contribution in [0.4, 0.5) is 5.69 Å². The Kier molecular flexibility index (Phi) is 7.39. The lowest BCUT2D eigenvalue weighted by Crippen LogP contribution is -2.21. The standard InChI is InChI=1S/C26H24N4O3S/c1-18-13-14-21(15-19(18)2)27-23(31)16-33-24(32)17-34-26-29-28-25(20-9-5-3-6-10-20)30(26)22-11-7-4-8-12-22/h3-15H,16-17H2,1-2H3,(H,27,31). The molecule has 0 aliphatic carbocycles. The molecular formula is C26H24N4O3S. The first-order valence-electron chi connectivity index (χ1n) is 10.7. The number of benzene rings is 3. The third-order valence-electron chi connectivity index (χ3n) is 5.15. The molecule has 3 aromatic carbocycles. The maximum absolute atomic E-state index is 12.3. The Hall–Kier alpha value is -3.91. The summed E-state index contributed by atoms with van der Waals surface area (Å²) in [4.78, 5) is 24.5. The van der Waals surface area contributed by atoms with Crippen molar-refractivity contribution < 1.29 is 14.3 Å². The minimum atomic E-state index is -0.510. The molecule has 0 aliphatic heterocycles. The highest BCUT2D eigenvalue weighted by Crippen LogP contribution is 2.27. The van der Waals surface area contributed by atoms with E-state index in [4.69, 9.17) is 4.74 Å². The Balaban J connectivity index is 1.39. The van der Waals surface area contributed by atoms with Gasteiger partial charge in [0.25, 0.3) is 5.91 Å². The second-order valence-electron chi connectivity index (χ2n) is 7.64. The molecule has 7 nitrogen and oxygen atoms in total. The van der Waals surface area contributed by atoms with Crippen LogP contribution in [-0.4, -0.2) is 39.0 Å². The number of para-hydroxylation sites is 1. The number of anilines is 1. The molecule has 34 heavy (non-hydrogen) atoms. The van der Waals surface area contributed by atoms with Gasteiger partial charge in [-0.25, -0.2) is 0 Å². The van der Waals surface area contributed by atoms with E-state index in [0.29, 0.717) is 16.7 Å². The van der Waals surface area contributed by atoms with Crippen molar-refractivity contribution >= 4 is 29.3 Å². The van der Waals surface area contributed by atoms with Gasteiger partial charge in [-0.1, -0.05) is 66.4 Å². The quantitative estimate of drug-likeness (QED) is 0.292. The normalized spacial score (nSPS) is 10.6. The van der Waals surface area contributed by atoms with Crippen molar-refractivity contribution in [3.05, 3.63) is 90.0 Å². The minimum absolute atomic E-state index is 0.00330. The molecule has 172 valence electrons. The van der Waals surface area contributed by atoms with Crippen LogP contribution in [0, 0.1) is 13.8 Å². The van der Waals surface area contributed by atoms with Gasteiger partial charge in [0, 0.05) is 16.9 Å². The van der Waals surface area contributed by atoms with Gasteiger partial charge in [-0.05, 0) is 49.2 Å². The summed E-state index contributed by atoms with van der Waals surface area (Å²) in [5, 5.41) is 11.9. The third kappa shape index (κ3) is 5.71. The van der Waals surface area contributed by atoms with Gasteiger partial charge in [0.2, 0.25) is 0 Å². The molecule has 0 saturated carbocycles. The molecule has 4 rings (SSSR count). The van der Waals surface area contributed by atoms with E-state index in [1.54, 1.807) is 0 Å². The van der Waals surface area contributed by atoms with Crippen LogP contribution in [0.3, 0.4) is 0 Å². The molecule has 1 aromatic heterocycles. The lowest BCUT2D eigenvalue weighted by Gasteiger charge is -2.10. The zero-order valence-electron chi connectivity index (χ0n) is 18.9. The molecule has 8 heteroatoms. The Morgan fingerprint density at radius 3 is 2.32 bits per heavy atom. The van der Waals surface area contributed by atoms with Gasteiger partial charge < -0.3 is 10.1 Å². The van der Waals surface area contributed by atoms with Crippen molar-refractivity contribution in [2.75, 3.05) is 17.7 Å². The first-order chi connectivity index (χ1) is 16.5. The second-order valence-corrected chi connectivity index (χ2v) is 8.58. The van der Waals surface area contributed by atoms with Gasteiger partial charge in [-0.3, -0.25) is 14.2 Å². The largest absolute Gasteiger partial charge is 0.455 e. The van der Waals surface area contributed by atoms with E-state index in [1.807, 2.05) is 97.3 Å². The molecule has 0 aliphatic rings. The summed E-state index contributed by atoms with van der Waals surface area (Å²) >= 11 is 1.21. The molecule has 0 radical (unpaired) electrons. The predicted octanol–water partition coefficient (Wildman–Crippen LogP) is 4.83. The fourth-order valence-corrected chi connectivity index (χ4v) is 4.02. The van der Waals surface area contributed by atoms with Crippen LogP contribution >= 0.6 is 11.8 Å². The van der Waals surface area contributed by atoms with Gasteiger partial charge in [0.15, 0.2) is 17.6 Å². The number of aryl methyl sites for hydroxylation is 2. The third-order valence-corrected chi connectivity index (χ3v) is 6.06. The number of ether oxygens (including phenoxy) is 1. The number of thioether (sulfide) groups is 1.